The molecule has 1 aromatic rings. The number of rotatable bonds is 3. The van der Waals surface area contributed by atoms with Gasteiger partial charge in [-0.05, 0) is 43.9 Å². The largest absolute Gasteiger partial charge is 0.348 e. The predicted molar refractivity (Wildman–Crippen MR) is 79.3 cm³/mol. The second-order valence-electron chi connectivity index (χ2n) is 5.60. The van der Waals surface area contributed by atoms with Gasteiger partial charge in [-0.2, -0.15) is 0 Å². The fraction of sp³-hybridized carbons (Fsp3) is 0.533. The Hall–Kier alpha value is -0.870. The van der Waals surface area contributed by atoms with E-state index in [0.29, 0.717) is 6.04 Å². The first-order valence-corrected chi connectivity index (χ1v) is 7.74. The highest BCUT2D eigenvalue weighted by Crippen LogP contribution is 2.30. The van der Waals surface area contributed by atoms with Gasteiger partial charge in [-0.1, -0.05) is 22.0 Å². The van der Waals surface area contributed by atoms with Crippen molar-refractivity contribution in [3.8, 4) is 0 Å². The molecule has 1 amide bonds. The summed E-state index contributed by atoms with van der Waals surface area (Å²) in [6.07, 6.45) is 3.76. The van der Waals surface area contributed by atoms with E-state index in [4.69, 9.17) is 0 Å². The van der Waals surface area contributed by atoms with Crippen LogP contribution in [-0.4, -0.2) is 36.0 Å². The highest BCUT2D eigenvalue weighted by molar-refractivity contribution is 9.10. The molecule has 1 N–H and O–H groups in total. The second-order valence-corrected chi connectivity index (χ2v) is 6.45. The fourth-order valence-corrected chi connectivity index (χ4v) is 3.16. The number of hydrogen-bond acceptors (Lipinski definition) is 2. The Morgan fingerprint density at radius 2 is 2.16 bits per heavy atom. The molecule has 1 saturated carbocycles. The molecule has 1 aromatic carbocycles. The topological polar surface area (TPSA) is 32.3 Å². The maximum Gasteiger partial charge on any atom is 0.251 e. The fourth-order valence-electron chi connectivity index (χ4n) is 2.79. The molecule has 0 radical (unpaired) electrons. The van der Waals surface area contributed by atoms with E-state index in [2.05, 4.69) is 26.1 Å². The molecule has 2 aliphatic rings. The lowest BCUT2D eigenvalue weighted by Crippen LogP contribution is -2.37. The number of nitrogens with one attached hydrogen (secondary N) is 1. The zero-order chi connectivity index (χ0) is 13.4. The number of hydrogen-bond donors (Lipinski definition) is 1. The molecule has 102 valence electrons. The molecule has 19 heavy (non-hydrogen) atoms. The summed E-state index contributed by atoms with van der Waals surface area (Å²) in [5.41, 5.74) is 1.79. The molecule has 0 aromatic heterocycles. The predicted octanol–water partition coefficient (Wildman–Crippen LogP) is 2.72. The molecule has 0 spiro atoms. The molecule has 1 atom stereocenters. The van der Waals surface area contributed by atoms with Crippen molar-refractivity contribution in [1.29, 1.82) is 0 Å². The van der Waals surface area contributed by atoms with Crippen LogP contribution >= 0.6 is 15.9 Å². The number of amides is 1. The van der Waals surface area contributed by atoms with Gasteiger partial charge in [0.2, 0.25) is 0 Å². The summed E-state index contributed by atoms with van der Waals surface area (Å²) in [5.74, 6) is 0.0569. The lowest BCUT2D eigenvalue weighted by Gasteiger charge is -2.16. The Morgan fingerprint density at radius 1 is 1.37 bits per heavy atom. The van der Waals surface area contributed by atoms with E-state index < -0.39 is 0 Å². The molecule has 1 aliphatic heterocycles. The van der Waals surface area contributed by atoms with Gasteiger partial charge < -0.3 is 5.32 Å². The van der Waals surface area contributed by atoms with Crippen LogP contribution in [0.25, 0.3) is 0 Å². The van der Waals surface area contributed by atoms with Gasteiger partial charge in [0, 0.05) is 35.2 Å². The van der Waals surface area contributed by atoms with Crippen molar-refractivity contribution in [1.82, 2.24) is 10.2 Å². The van der Waals surface area contributed by atoms with Crippen molar-refractivity contribution in [3.05, 3.63) is 33.8 Å². The zero-order valence-corrected chi connectivity index (χ0v) is 12.7. The third-order valence-corrected chi connectivity index (χ3v) is 4.99. The van der Waals surface area contributed by atoms with Crippen molar-refractivity contribution in [3.63, 3.8) is 0 Å². The van der Waals surface area contributed by atoms with Crippen LogP contribution in [0.3, 0.4) is 0 Å². The van der Waals surface area contributed by atoms with Gasteiger partial charge in [0.25, 0.3) is 5.91 Å². The Morgan fingerprint density at radius 3 is 2.89 bits per heavy atom. The lowest BCUT2D eigenvalue weighted by atomic mass is 10.1. The third kappa shape index (κ3) is 2.84. The highest BCUT2D eigenvalue weighted by Gasteiger charge is 2.34. The van der Waals surface area contributed by atoms with E-state index in [1.54, 1.807) is 0 Å². The normalized spacial score (nSPS) is 23.6. The highest BCUT2D eigenvalue weighted by atomic mass is 79.9. The van der Waals surface area contributed by atoms with Crippen molar-refractivity contribution in [2.24, 2.45) is 0 Å². The number of benzene rings is 1. The second kappa shape index (κ2) is 5.25. The average molecular weight is 323 g/mol. The average Bonchev–Trinajstić information content (AvgIpc) is 3.14. The Kier molecular flexibility index (Phi) is 3.63. The number of carbonyl (C=O) groups excluding carboxylic acids is 1. The molecule has 0 bridgehead atoms. The molecular weight excluding hydrogens is 304 g/mol. The Balaban J connectivity index is 1.63. The van der Waals surface area contributed by atoms with Gasteiger partial charge in [0.05, 0.1) is 0 Å². The summed E-state index contributed by atoms with van der Waals surface area (Å²) in [4.78, 5) is 14.8. The van der Waals surface area contributed by atoms with Gasteiger partial charge >= 0.3 is 0 Å². The molecule has 4 heteroatoms. The Bertz CT molecular complexity index is 499. The molecule has 2 fully saturated rings. The summed E-state index contributed by atoms with van der Waals surface area (Å²) < 4.78 is 0.992. The van der Waals surface area contributed by atoms with E-state index in [1.807, 2.05) is 25.1 Å². The molecule has 1 unspecified atom stereocenters. The maximum atomic E-state index is 12.3. The minimum absolute atomic E-state index is 0.0569. The number of nitrogens with zero attached hydrogens (tertiary/aromatic N) is 1. The van der Waals surface area contributed by atoms with Crippen LogP contribution in [-0.2, 0) is 0 Å². The van der Waals surface area contributed by atoms with E-state index in [9.17, 15) is 4.79 Å². The monoisotopic (exact) mass is 322 g/mol. The minimum Gasteiger partial charge on any atom is -0.348 e. The first-order valence-electron chi connectivity index (χ1n) is 6.95. The van der Waals surface area contributed by atoms with Crippen LogP contribution in [0.4, 0.5) is 0 Å². The standard InChI is InChI=1S/C15H19BrN2O/c1-10-13(3-2-4-14(10)16)15(19)17-11-7-8-18(9-11)12-5-6-12/h2-4,11-12H,5-9H2,1H3,(H,17,19). The van der Waals surface area contributed by atoms with Gasteiger partial charge in [-0.15, -0.1) is 0 Å². The van der Waals surface area contributed by atoms with Crippen LogP contribution in [0, 0.1) is 6.92 Å². The first-order chi connectivity index (χ1) is 9.15. The quantitative estimate of drug-likeness (QED) is 0.928. The number of carbonyl (C=O) groups is 1. The van der Waals surface area contributed by atoms with Gasteiger partial charge in [-0.3, -0.25) is 9.69 Å². The smallest absolute Gasteiger partial charge is 0.251 e. The van der Waals surface area contributed by atoms with Crippen molar-refractivity contribution >= 4 is 21.8 Å². The number of halogens is 1. The van der Waals surface area contributed by atoms with Crippen LogP contribution in [0.1, 0.15) is 35.2 Å². The van der Waals surface area contributed by atoms with Gasteiger partial charge in [0.1, 0.15) is 0 Å². The van der Waals surface area contributed by atoms with Crippen LogP contribution in [0.5, 0.6) is 0 Å². The van der Waals surface area contributed by atoms with Gasteiger partial charge in [-0.25, -0.2) is 0 Å². The van der Waals surface area contributed by atoms with Crippen molar-refractivity contribution in [2.75, 3.05) is 13.1 Å². The van der Waals surface area contributed by atoms with E-state index in [-0.39, 0.29) is 5.91 Å². The van der Waals surface area contributed by atoms with Crippen LogP contribution < -0.4 is 5.32 Å². The Labute approximate surface area is 122 Å². The summed E-state index contributed by atoms with van der Waals surface area (Å²) >= 11 is 3.48. The van der Waals surface area contributed by atoms with Crippen molar-refractivity contribution in [2.45, 2.75) is 38.3 Å². The SMILES string of the molecule is Cc1c(Br)cccc1C(=O)NC1CCN(C2CC2)C1. The lowest BCUT2D eigenvalue weighted by molar-refractivity contribution is 0.0937. The maximum absolute atomic E-state index is 12.3. The molecule has 3 rings (SSSR count). The minimum atomic E-state index is 0.0569. The molecule has 1 saturated heterocycles. The first kappa shape index (κ1) is 13.1. The molecule has 1 aliphatic carbocycles. The summed E-state index contributed by atoms with van der Waals surface area (Å²) in [5, 5.41) is 3.17. The summed E-state index contributed by atoms with van der Waals surface area (Å²) in [7, 11) is 0. The van der Waals surface area contributed by atoms with E-state index >= 15 is 0 Å². The van der Waals surface area contributed by atoms with Crippen LogP contribution in [0.2, 0.25) is 0 Å². The number of likely N-dealkylation sites (tertiary alicyclic amines) is 1. The third-order valence-electron chi connectivity index (χ3n) is 4.13. The zero-order valence-electron chi connectivity index (χ0n) is 11.2. The molecular formula is C15H19BrN2O. The van der Waals surface area contributed by atoms with Gasteiger partial charge in [0.15, 0.2) is 0 Å². The molecule has 1 heterocycles. The van der Waals surface area contributed by atoms with E-state index in [0.717, 1.165) is 41.2 Å². The molecule has 3 nitrogen and oxygen atoms in total. The summed E-state index contributed by atoms with van der Waals surface area (Å²) in [6.45, 7) is 4.13. The van der Waals surface area contributed by atoms with E-state index in [1.165, 1.54) is 12.8 Å². The van der Waals surface area contributed by atoms with Crippen LogP contribution in [0.15, 0.2) is 22.7 Å². The summed E-state index contributed by atoms with van der Waals surface area (Å²) in [6, 6.07) is 6.89. The van der Waals surface area contributed by atoms with Crippen molar-refractivity contribution < 1.29 is 4.79 Å².